The molecule has 1 atom stereocenters. The summed E-state index contributed by atoms with van der Waals surface area (Å²) < 4.78 is 26.0. The van der Waals surface area contributed by atoms with E-state index in [1.807, 2.05) is 0 Å². The molecule has 0 heterocycles. The van der Waals surface area contributed by atoms with E-state index in [1.165, 1.54) is 12.1 Å². The molecule has 0 saturated heterocycles. The van der Waals surface area contributed by atoms with Crippen molar-refractivity contribution in [2.75, 3.05) is 0 Å². The third kappa shape index (κ3) is 3.11. The number of benzene rings is 2. The van der Waals surface area contributed by atoms with E-state index in [2.05, 4.69) is 0 Å². The summed E-state index contributed by atoms with van der Waals surface area (Å²) in [5.74, 6) is -1.95. The largest absolute Gasteiger partial charge is 0.272 e. The van der Waals surface area contributed by atoms with Gasteiger partial charge in [-0.1, -0.05) is 24.3 Å². The first kappa shape index (κ1) is 14.4. The van der Waals surface area contributed by atoms with Crippen molar-refractivity contribution in [2.24, 2.45) is 0 Å². The Labute approximate surface area is 119 Å². The summed E-state index contributed by atoms with van der Waals surface area (Å²) in [6, 6.07) is 9.54. The Hall–Kier alpha value is -2.01. The van der Waals surface area contributed by atoms with Gasteiger partial charge in [0.25, 0.3) is 5.69 Å². The normalized spacial score (nSPS) is 12.2. The monoisotopic (exact) mass is 297 g/mol. The molecule has 0 aromatic heterocycles. The van der Waals surface area contributed by atoms with Crippen molar-refractivity contribution in [3.05, 3.63) is 75.3 Å². The quantitative estimate of drug-likeness (QED) is 0.477. The number of nitro groups is 1. The molecule has 0 aliphatic carbocycles. The second-order valence-corrected chi connectivity index (χ2v) is 4.76. The Morgan fingerprint density at radius 2 is 1.85 bits per heavy atom. The van der Waals surface area contributed by atoms with E-state index in [-0.39, 0.29) is 12.1 Å². The Bertz CT molecular complexity index is 649. The summed E-state index contributed by atoms with van der Waals surface area (Å²) in [5, 5.41) is 10.2. The standard InChI is InChI=1S/C14H10ClF2NO2/c15-11(9-5-6-12(16)13(17)8-9)7-10-3-1-2-4-14(10)18(19)20/h1-6,8,11H,7H2. The minimum atomic E-state index is -0.990. The van der Waals surface area contributed by atoms with Crippen LogP contribution in [0, 0.1) is 21.7 Å². The maximum absolute atomic E-state index is 13.1. The predicted molar refractivity (Wildman–Crippen MR) is 71.8 cm³/mol. The van der Waals surface area contributed by atoms with Crippen molar-refractivity contribution in [1.29, 1.82) is 0 Å². The van der Waals surface area contributed by atoms with Crippen molar-refractivity contribution in [3.8, 4) is 0 Å². The predicted octanol–water partition coefficient (Wildman–Crippen LogP) is 4.40. The zero-order chi connectivity index (χ0) is 14.7. The van der Waals surface area contributed by atoms with Crippen molar-refractivity contribution in [2.45, 2.75) is 11.8 Å². The summed E-state index contributed by atoms with van der Waals surface area (Å²) in [4.78, 5) is 10.4. The highest BCUT2D eigenvalue weighted by Gasteiger charge is 2.18. The van der Waals surface area contributed by atoms with Crippen LogP contribution in [0.5, 0.6) is 0 Å². The van der Waals surface area contributed by atoms with Crippen LogP contribution in [0.4, 0.5) is 14.5 Å². The van der Waals surface area contributed by atoms with Gasteiger partial charge in [-0.3, -0.25) is 10.1 Å². The van der Waals surface area contributed by atoms with E-state index in [9.17, 15) is 18.9 Å². The van der Waals surface area contributed by atoms with Gasteiger partial charge in [0.15, 0.2) is 11.6 Å². The van der Waals surface area contributed by atoms with Gasteiger partial charge in [0, 0.05) is 11.6 Å². The molecule has 20 heavy (non-hydrogen) atoms. The van der Waals surface area contributed by atoms with Crippen molar-refractivity contribution in [3.63, 3.8) is 0 Å². The van der Waals surface area contributed by atoms with Crippen LogP contribution in [0.3, 0.4) is 0 Å². The first-order valence-electron chi connectivity index (χ1n) is 5.80. The molecule has 2 aromatic rings. The minimum Gasteiger partial charge on any atom is -0.258 e. The van der Waals surface area contributed by atoms with E-state index in [0.29, 0.717) is 11.1 Å². The molecule has 0 bridgehead atoms. The molecule has 6 heteroatoms. The molecule has 0 aliphatic heterocycles. The highest BCUT2D eigenvalue weighted by Crippen LogP contribution is 2.29. The second-order valence-electron chi connectivity index (χ2n) is 4.23. The number of nitrogens with zero attached hydrogens (tertiary/aromatic N) is 1. The molecule has 1 unspecified atom stereocenters. The molecule has 3 nitrogen and oxygen atoms in total. The third-order valence-corrected chi connectivity index (χ3v) is 3.30. The lowest BCUT2D eigenvalue weighted by Crippen LogP contribution is -2.01. The van der Waals surface area contributed by atoms with Crippen LogP contribution in [-0.4, -0.2) is 4.92 Å². The maximum atomic E-state index is 13.1. The molecular weight excluding hydrogens is 288 g/mol. The lowest BCUT2D eigenvalue weighted by Gasteiger charge is -2.10. The van der Waals surface area contributed by atoms with Gasteiger partial charge in [-0.25, -0.2) is 8.78 Å². The lowest BCUT2D eigenvalue weighted by atomic mass is 10.0. The summed E-state index contributed by atoms with van der Waals surface area (Å²) in [5.41, 5.74) is 0.784. The highest BCUT2D eigenvalue weighted by atomic mass is 35.5. The summed E-state index contributed by atoms with van der Waals surface area (Å²) in [7, 11) is 0. The van der Waals surface area contributed by atoms with Crippen molar-refractivity contribution < 1.29 is 13.7 Å². The average Bonchev–Trinajstić information content (AvgIpc) is 2.42. The van der Waals surface area contributed by atoms with Crippen LogP contribution >= 0.6 is 11.6 Å². The van der Waals surface area contributed by atoms with E-state index in [0.717, 1.165) is 12.1 Å². The SMILES string of the molecule is O=[N+]([O-])c1ccccc1CC(Cl)c1ccc(F)c(F)c1. The Kier molecular flexibility index (Phi) is 4.29. The summed E-state index contributed by atoms with van der Waals surface area (Å²) in [6.45, 7) is 0. The fourth-order valence-corrected chi connectivity index (χ4v) is 2.18. The van der Waals surface area contributed by atoms with Gasteiger partial charge in [-0.05, 0) is 24.1 Å². The molecule has 0 aliphatic rings. The molecule has 2 rings (SSSR count). The van der Waals surface area contributed by atoms with Crippen LogP contribution in [0.1, 0.15) is 16.5 Å². The zero-order valence-electron chi connectivity index (χ0n) is 10.2. The topological polar surface area (TPSA) is 43.1 Å². The lowest BCUT2D eigenvalue weighted by molar-refractivity contribution is -0.385. The van der Waals surface area contributed by atoms with Gasteiger partial charge in [-0.2, -0.15) is 0 Å². The van der Waals surface area contributed by atoms with Gasteiger partial charge in [0.1, 0.15) is 0 Å². The van der Waals surface area contributed by atoms with E-state index < -0.39 is 21.9 Å². The fourth-order valence-electron chi connectivity index (χ4n) is 1.88. The number of alkyl halides is 1. The number of rotatable bonds is 4. The van der Waals surface area contributed by atoms with E-state index >= 15 is 0 Å². The number of nitro benzene ring substituents is 1. The molecule has 2 aromatic carbocycles. The van der Waals surface area contributed by atoms with Crippen LogP contribution < -0.4 is 0 Å². The number of para-hydroxylation sites is 1. The Morgan fingerprint density at radius 3 is 2.50 bits per heavy atom. The molecule has 0 saturated carbocycles. The van der Waals surface area contributed by atoms with Crippen molar-refractivity contribution >= 4 is 17.3 Å². The van der Waals surface area contributed by atoms with Gasteiger partial charge in [0.2, 0.25) is 0 Å². The molecule has 0 spiro atoms. The first-order valence-corrected chi connectivity index (χ1v) is 6.24. The average molecular weight is 298 g/mol. The van der Waals surface area contributed by atoms with Crippen molar-refractivity contribution in [1.82, 2.24) is 0 Å². The summed E-state index contributed by atoms with van der Waals surface area (Å²) in [6.07, 6.45) is 0.157. The highest BCUT2D eigenvalue weighted by molar-refractivity contribution is 6.20. The molecular formula is C14H10ClF2NO2. The molecule has 0 amide bonds. The number of hydrogen-bond acceptors (Lipinski definition) is 2. The van der Waals surface area contributed by atoms with Gasteiger partial charge in [0.05, 0.1) is 10.3 Å². The van der Waals surface area contributed by atoms with Crippen LogP contribution in [-0.2, 0) is 6.42 Å². The first-order chi connectivity index (χ1) is 9.49. The molecule has 0 N–H and O–H groups in total. The third-order valence-electron chi connectivity index (χ3n) is 2.89. The molecule has 104 valence electrons. The second kappa shape index (κ2) is 5.96. The van der Waals surface area contributed by atoms with Crippen LogP contribution in [0.15, 0.2) is 42.5 Å². The van der Waals surface area contributed by atoms with Crippen LogP contribution in [0.25, 0.3) is 0 Å². The Balaban J connectivity index is 2.25. The zero-order valence-corrected chi connectivity index (χ0v) is 11.0. The summed E-state index contributed by atoms with van der Waals surface area (Å²) >= 11 is 6.13. The Morgan fingerprint density at radius 1 is 1.15 bits per heavy atom. The molecule has 0 radical (unpaired) electrons. The maximum Gasteiger partial charge on any atom is 0.272 e. The number of halogens is 3. The smallest absolute Gasteiger partial charge is 0.258 e. The molecule has 0 fully saturated rings. The fraction of sp³-hybridized carbons (Fsp3) is 0.143. The van der Waals surface area contributed by atoms with Gasteiger partial charge < -0.3 is 0 Å². The van der Waals surface area contributed by atoms with E-state index in [1.54, 1.807) is 18.2 Å². The van der Waals surface area contributed by atoms with E-state index in [4.69, 9.17) is 11.6 Å². The minimum absolute atomic E-state index is 0.0410. The van der Waals surface area contributed by atoms with Gasteiger partial charge >= 0.3 is 0 Å². The van der Waals surface area contributed by atoms with Crippen LogP contribution in [0.2, 0.25) is 0 Å². The number of hydrogen-bond donors (Lipinski definition) is 0. The van der Waals surface area contributed by atoms with Gasteiger partial charge in [-0.15, -0.1) is 11.6 Å².